The van der Waals surface area contributed by atoms with Crippen LogP contribution in [-0.4, -0.2) is 32.1 Å². The maximum atomic E-state index is 12.4. The summed E-state index contributed by atoms with van der Waals surface area (Å²) in [5, 5.41) is 2.87. The second-order valence-corrected chi connectivity index (χ2v) is 5.03. The normalized spacial score (nSPS) is 10.9. The monoisotopic (exact) mass is 308 g/mol. The van der Waals surface area contributed by atoms with Crippen molar-refractivity contribution < 1.29 is 19.1 Å². The highest BCUT2D eigenvalue weighted by Crippen LogP contribution is 2.27. The fourth-order valence-electron chi connectivity index (χ4n) is 2.05. The number of anilines is 1. The van der Waals surface area contributed by atoms with Crippen LogP contribution in [0.4, 0.5) is 5.69 Å². The van der Waals surface area contributed by atoms with Gasteiger partial charge in [-0.2, -0.15) is 0 Å². The second-order valence-electron chi connectivity index (χ2n) is 5.03. The Labute approximate surface area is 131 Å². The van der Waals surface area contributed by atoms with Gasteiger partial charge in [0.25, 0.3) is 0 Å². The molecular formula is C16H24N2O4. The quantitative estimate of drug-likeness (QED) is 0.716. The number of benzene rings is 1. The topological polar surface area (TPSA) is 90.7 Å². The number of carbonyl (C=O) groups is 2. The molecule has 0 aliphatic heterocycles. The Morgan fingerprint density at radius 3 is 2.23 bits per heavy atom. The minimum absolute atomic E-state index is 0.0803. The first-order valence-corrected chi connectivity index (χ1v) is 7.32. The molecule has 122 valence electrons. The largest absolute Gasteiger partial charge is 0.482 e. The van der Waals surface area contributed by atoms with Crippen LogP contribution < -0.4 is 15.8 Å². The summed E-state index contributed by atoms with van der Waals surface area (Å²) in [5.74, 6) is -0.00120. The summed E-state index contributed by atoms with van der Waals surface area (Å²) in [5.41, 5.74) is 5.88. The van der Waals surface area contributed by atoms with Crippen LogP contribution in [-0.2, 0) is 14.3 Å². The lowest BCUT2D eigenvalue weighted by molar-refractivity contribution is -0.142. The lowest BCUT2D eigenvalue weighted by Gasteiger charge is -2.28. The zero-order valence-electron chi connectivity index (χ0n) is 13.3. The Kier molecular flexibility index (Phi) is 6.85. The highest BCUT2D eigenvalue weighted by Gasteiger charge is 2.33. The number of hydrogen-bond acceptors (Lipinski definition) is 5. The number of hydrogen-bond donors (Lipinski definition) is 2. The van der Waals surface area contributed by atoms with Gasteiger partial charge in [-0.1, -0.05) is 13.8 Å². The first-order valence-electron chi connectivity index (χ1n) is 7.32. The number of nitrogens with two attached hydrogens (primary N) is 1. The molecule has 0 heterocycles. The van der Waals surface area contributed by atoms with Crippen molar-refractivity contribution in [2.75, 3.05) is 25.6 Å². The number of carbonyl (C=O) groups excluding carboxylic acids is 2. The van der Waals surface area contributed by atoms with E-state index in [2.05, 4.69) is 10.1 Å². The molecule has 6 heteroatoms. The van der Waals surface area contributed by atoms with Crippen LogP contribution in [0.1, 0.15) is 26.7 Å². The van der Waals surface area contributed by atoms with Gasteiger partial charge in [0.05, 0.1) is 12.5 Å². The third-order valence-corrected chi connectivity index (χ3v) is 3.92. The smallest absolute Gasteiger partial charge is 0.343 e. The molecule has 1 aromatic carbocycles. The predicted octanol–water partition coefficient (Wildman–Crippen LogP) is 1.94. The van der Waals surface area contributed by atoms with Crippen molar-refractivity contribution in [2.45, 2.75) is 26.7 Å². The van der Waals surface area contributed by atoms with Crippen molar-refractivity contribution in [3.05, 3.63) is 24.3 Å². The predicted molar refractivity (Wildman–Crippen MR) is 84.7 cm³/mol. The van der Waals surface area contributed by atoms with Gasteiger partial charge >= 0.3 is 5.97 Å². The van der Waals surface area contributed by atoms with Crippen molar-refractivity contribution in [1.82, 2.24) is 0 Å². The van der Waals surface area contributed by atoms with Gasteiger partial charge in [0, 0.05) is 12.2 Å². The minimum atomic E-state index is -0.542. The first-order chi connectivity index (χ1) is 10.5. The van der Waals surface area contributed by atoms with Gasteiger partial charge in [-0.15, -0.1) is 0 Å². The van der Waals surface area contributed by atoms with Gasteiger partial charge < -0.3 is 20.5 Å². The van der Waals surface area contributed by atoms with Crippen LogP contribution in [0.5, 0.6) is 5.75 Å². The van der Waals surface area contributed by atoms with Crippen molar-refractivity contribution >= 4 is 17.6 Å². The number of nitrogens with one attached hydrogen (secondary N) is 1. The highest BCUT2D eigenvalue weighted by molar-refractivity contribution is 5.95. The highest BCUT2D eigenvalue weighted by atomic mass is 16.6. The van der Waals surface area contributed by atoms with E-state index in [1.165, 1.54) is 7.11 Å². The van der Waals surface area contributed by atoms with Gasteiger partial charge in [0.2, 0.25) is 5.91 Å². The minimum Gasteiger partial charge on any atom is -0.482 e. The number of ether oxygens (including phenoxy) is 2. The Hall–Kier alpha value is -2.08. The summed E-state index contributed by atoms with van der Waals surface area (Å²) in [4.78, 5) is 23.4. The Morgan fingerprint density at radius 1 is 1.18 bits per heavy atom. The second kappa shape index (κ2) is 8.38. The fourth-order valence-corrected chi connectivity index (χ4v) is 2.05. The van der Waals surface area contributed by atoms with E-state index >= 15 is 0 Å². The molecular weight excluding hydrogens is 284 g/mol. The standard InChI is InChI=1S/C16H24N2O4/c1-4-16(5-2,11-17)15(20)18-12-6-8-13(9-7-12)22-10-14(19)21-3/h6-9H,4-5,10-11,17H2,1-3H3,(H,18,20). The molecule has 0 saturated carbocycles. The molecule has 0 aromatic heterocycles. The van der Waals surface area contributed by atoms with E-state index in [0.717, 1.165) is 0 Å². The van der Waals surface area contributed by atoms with Gasteiger partial charge in [0.15, 0.2) is 6.61 Å². The maximum Gasteiger partial charge on any atom is 0.343 e. The molecule has 0 fully saturated rings. The van der Waals surface area contributed by atoms with Gasteiger partial charge in [-0.05, 0) is 37.1 Å². The average molecular weight is 308 g/mol. The molecule has 1 aromatic rings. The van der Waals surface area contributed by atoms with Crippen LogP contribution in [0.3, 0.4) is 0 Å². The number of methoxy groups -OCH3 is 1. The molecule has 0 radical (unpaired) electrons. The van der Waals surface area contributed by atoms with Gasteiger partial charge in [-0.25, -0.2) is 4.79 Å². The molecule has 0 aliphatic carbocycles. The van der Waals surface area contributed by atoms with Crippen molar-refractivity contribution in [2.24, 2.45) is 11.1 Å². The molecule has 0 aliphatic rings. The number of esters is 1. The summed E-state index contributed by atoms with van der Waals surface area (Å²) in [6, 6.07) is 6.80. The van der Waals surface area contributed by atoms with Crippen LogP contribution in [0.25, 0.3) is 0 Å². The Balaban J connectivity index is 2.67. The Bertz CT molecular complexity index is 487. The molecule has 0 saturated heterocycles. The van der Waals surface area contributed by atoms with Crippen LogP contribution >= 0.6 is 0 Å². The summed E-state index contributed by atoms with van der Waals surface area (Å²) >= 11 is 0. The summed E-state index contributed by atoms with van der Waals surface area (Å²) < 4.78 is 9.73. The van der Waals surface area contributed by atoms with E-state index in [1.807, 2.05) is 13.8 Å². The van der Waals surface area contributed by atoms with Crippen LogP contribution in [0.15, 0.2) is 24.3 Å². The number of amides is 1. The fraction of sp³-hybridized carbons (Fsp3) is 0.500. The molecule has 3 N–H and O–H groups in total. The average Bonchev–Trinajstić information content (AvgIpc) is 2.56. The van der Waals surface area contributed by atoms with Crippen molar-refractivity contribution in [3.8, 4) is 5.75 Å². The van der Waals surface area contributed by atoms with Gasteiger partial charge in [-0.3, -0.25) is 4.79 Å². The van der Waals surface area contributed by atoms with E-state index in [9.17, 15) is 9.59 Å². The molecule has 1 rings (SSSR count). The van der Waals surface area contributed by atoms with E-state index < -0.39 is 11.4 Å². The van der Waals surface area contributed by atoms with Crippen LogP contribution in [0, 0.1) is 5.41 Å². The summed E-state index contributed by atoms with van der Waals surface area (Å²) in [6.07, 6.45) is 1.37. The molecule has 0 atom stereocenters. The van der Waals surface area contributed by atoms with E-state index in [1.54, 1.807) is 24.3 Å². The molecule has 22 heavy (non-hydrogen) atoms. The third kappa shape index (κ3) is 4.46. The van der Waals surface area contributed by atoms with E-state index in [-0.39, 0.29) is 12.5 Å². The molecule has 1 amide bonds. The van der Waals surface area contributed by atoms with E-state index in [0.29, 0.717) is 30.8 Å². The van der Waals surface area contributed by atoms with Crippen LogP contribution in [0.2, 0.25) is 0 Å². The summed E-state index contributed by atoms with van der Waals surface area (Å²) in [6.45, 7) is 4.08. The third-order valence-electron chi connectivity index (χ3n) is 3.92. The maximum absolute atomic E-state index is 12.4. The zero-order valence-corrected chi connectivity index (χ0v) is 13.3. The number of rotatable bonds is 8. The molecule has 0 spiro atoms. The van der Waals surface area contributed by atoms with E-state index in [4.69, 9.17) is 10.5 Å². The molecule has 0 bridgehead atoms. The molecule has 6 nitrogen and oxygen atoms in total. The molecule has 0 unspecified atom stereocenters. The van der Waals surface area contributed by atoms with Gasteiger partial charge in [0.1, 0.15) is 5.75 Å². The summed E-state index contributed by atoms with van der Waals surface area (Å²) in [7, 11) is 1.30. The van der Waals surface area contributed by atoms with Crippen molar-refractivity contribution in [1.29, 1.82) is 0 Å². The lowest BCUT2D eigenvalue weighted by Crippen LogP contribution is -2.41. The lowest BCUT2D eigenvalue weighted by atomic mass is 9.81. The zero-order chi connectivity index (χ0) is 16.6. The SMILES string of the molecule is CCC(CC)(CN)C(=O)Nc1ccc(OCC(=O)OC)cc1. The Morgan fingerprint density at radius 2 is 1.77 bits per heavy atom. The van der Waals surface area contributed by atoms with Crippen molar-refractivity contribution in [3.63, 3.8) is 0 Å². The first kappa shape index (κ1) is 18.0.